The smallest absolute Gasteiger partial charge is 0.136 e. The maximum absolute atomic E-state index is 5.78. The van der Waals surface area contributed by atoms with E-state index < -0.39 is 0 Å². The van der Waals surface area contributed by atoms with Gasteiger partial charge in [-0.05, 0) is 18.6 Å². The lowest BCUT2D eigenvalue weighted by Gasteiger charge is -2.21. The highest BCUT2D eigenvalue weighted by molar-refractivity contribution is 7.80. The number of hydrogen-bond donors (Lipinski definition) is 1. The first-order valence-corrected chi connectivity index (χ1v) is 6.97. The van der Waals surface area contributed by atoms with Crippen molar-refractivity contribution in [2.75, 3.05) is 11.9 Å². The lowest BCUT2D eigenvalue weighted by atomic mass is 10.1. The van der Waals surface area contributed by atoms with Crippen molar-refractivity contribution in [3.05, 3.63) is 47.9 Å². The van der Waals surface area contributed by atoms with E-state index in [9.17, 15) is 0 Å². The number of rotatable bonds is 5. The molecule has 0 spiro atoms. The van der Waals surface area contributed by atoms with Gasteiger partial charge in [-0.1, -0.05) is 37.7 Å². The van der Waals surface area contributed by atoms with E-state index in [1.54, 1.807) is 6.33 Å². The van der Waals surface area contributed by atoms with E-state index in [4.69, 9.17) is 18.0 Å². The molecule has 2 N–H and O–H groups in total. The first kappa shape index (κ1) is 14.4. The van der Waals surface area contributed by atoms with E-state index in [2.05, 4.69) is 16.9 Å². The van der Waals surface area contributed by atoms with Crippen LogP contribution in [0, 0.1) is 0 Å². The van der Waals surface area contributed by atoms with Gasteiger partial charge in [0.2, 0.25) is 0 Å². The number of aryl methyl sites for hydroxylation is 1. The molecule has 1 heterocycles. The molecule has 2 aromatic rings. The van der Waals surface area contributed by atoms with Crippen molar-refractivity contribution in [1.29, 1.82) is 0 Å². The molecule has 0 saturated heterocycles. The molecule has 0 saturated carbocycles. The predicted molar refractivity (Wildman–Crippen MR) is 86.4 cm³/mol. The fraction of sp³-hybridized carbons (Fsp3) is 0.267. The fourth-order valence-corrected chi connectivity index (χ4v) is 2.23. The molecule has 0 radical (unpaired) electrons. The summed E-state index contributed by atoms with van der Waals surface area (Å²) in [6.45, 7) is 2.13. The van der Waals surface area contributed by atoms with Crippen molar-refractivity contribution in [3.8, 4) is 0 Å². The fourth-order valence-electron chi connectivity index (χ4n) is 2.06. The highest BCUT2D eigenvalue weighted by Gasteiger charge is 2.12. The van der Waals surface area contributed by atoms with Crippen LogP contribution in [0.3, 0.4) is 0 Å². The summed E-state index contributed by atoms with van der Waals surface area (Å²) in [6, 6.07) is 9.79. The molecule has 0 aliphatic carbocycles. The van der Waals surface area contributed by atoms with Crippen LogP contribution in [-0.4, -0.2) is 22.0 Å². The summed E-state index contributed by atoms with van der Waals surface area (Å²) in [4.78, 5) is 11.0. The summed E-state index contributed by atoms with van der Waals surface area (Å²) in [5, 5.41) is 0. The van der Waals surface area contributed by atoms with Gasteiger partial charge in [-0.25, -0.2) is 9.97 Å². The van der Waals surface area contributed by atoms with Gasteiger partial charge in [0.05, 0.1) is 5.69 Å². The SMILES string of the molecule is CCCc1cc(N(C)c2ccccc2C(N)=S)ncn1. The minimum atomic E-state index is 0.385. The summed E-state index contributed by atoms with van der Waals surface area (Å²) in [7, 11) is 1.95. The van der Waals surface area contributed by atoms with Crippen LogP contribution in [0.25, 0.3) is 0 Å². The average Bonchev–Trinajstić information content (AvgIpc) is 2.47. The quantitative estimate of drug-likeness (QED) is 0.857. The summed E-state index contributed by atoms with van der Waals surface area (Å²) < 4.78 is 0. The number of benzene rings is 1. The Balaban J connectivity index is 2.38. The Bertz CT molecular complexity index is 612. The van der Waals surface area contributed by atoms with Crippen LogP contribution < -0.4 is 10.6 Å². The molecule has 0 aliphatic heterocycles. The van der Waals surface area contributed by atoms with Crippen molar-refractivity contribution in [1.82, 2.24) is 9.97 Å². The molecular weight excluding hydrogens is 268 g/mol. The predicted octanol–water partition coefficient (Wildman–Crippen LogP) is 2.83. The van der Waals surface area contributed by atoms with E-state index in [1.807, 2.05) is 42.3 Å². The van der Waals surface area contributed by atoms with Crippen LogP contribution >= 0.6 is 12.2 Å². The van der Waals surface area contributed by atoms with Crippen molar-refractivity contribution in [3.63, 3.8) is 0 Å². The van der Waals surface area contributed by atoms with Crippen molar-refractivity contribution < 1.29 is 0 Å². The van der Waals surface area contributed by atoms with Gasteiger partial charge in [0.25, 0.3) is 0 Å². The van der Waals surface area contributed by atoms with Crippen LogP contribution in [0.4, 0.5) is 11.5 Å². The largest absolute Gasteiger partial charge is 0.389 e. The second-order valence-corrected chi connectivity index (χ2v) is 5.00. The van der Waals surface area contributed by atoms with Gasteiger partial charge >= 0.3 is 0 Å². The molecule has 0 amide bonds. The van der Waals surface area contributed by atoms with Gasteiger partial charge in [-0.2, -0.15) is 0 Å². The van der Waals surface area contributed by atoms with E-state index >= 15 is 0 Å². The number of anilines is 2. The molecule has 0 fully saturated rings. The van der Waals surface area contributed by atoms with E-state index in [1.165, 1.54) is 0 Å². The Labute approximate surface area is 124 Å². The van der Waals surface area contributed by atoms with Crippen LogP contribution in [0.2, 0.25) is 0 Å². The van der Waals surface area contributed by atoms with Crippen LogP contribution in [0.15, 0.2) is 36.7 Å². The third-order valence-corrected chi connectivity index (χ3v) is 3.31. The van der Waals surface area contributed by atoms with Crippen molar-refractivity contribution in [2.45, 2.75) is 19.8 Å². The van der Waals surface area contributed by atoms with Gasteiger partial charge in [0.1, 0.15) is 17.1 Å². The number of thiocarbonyl (C=S) groups is 1. The minimum absolute atomic E-state index is 0.385. The van der Waals surface area contributed by atoms with E-state index in [0.717, 1.165) is 35.6 Å². The summed E-state index contributed by atoms with van der Waals surface area (Å²) >= 11 is 5.10. The molecule has 2 rings (SSSR count). The Hall–Kier alpha value is -2.01. The standard InChI is InChI=1S/C15H18N4S/c1-3-6-11-9-14(18-10-17-11)19(2)13-8-5-4-7-12(13)15(16)20/h4-5,7-10H,3,6H2,1-2H3,(H2,16,20). The Morgan fingerprint density at radius 2 is 2.05 bits per heavy atom. The first-order chi connectivity index (χ1) is 9.63. The number of nitrogens with two attached hydrogens (primary N) is 1. The molecule has 1 aromatic heterocycles. The number of aromatic nitrogens is 2. The number of hydrogen-bond acceptors (Lipinski definition) is 4. The molecule has 104 valence electrons. The van der Waals surface area contributed by atoms with Gasteiger partial charge in [0.15, 0.2) is 0 Å². The summed E-state index contributed by atoms with van der Waals surface area (Å²) in [5.74, 6) is 0.840. The third kappa shape index (κ3) is 3.11. The molecule has 0 atom stereocenters. The second kappa shape index (κ2) is 6.43. The molecule has 0 unspecified atom stereocenters. The molecule has 5 heteroatoms. The first-order valence-electron chi connectivity index (χ1n) is 6.57. The Kier molecular flexibility index (Phi) is 4.63. The topological polar surface area (TPSA) is 55.0 Å². The highest BCUT2D eigenvalue weighted by Crippen LogP contribution is 2.25. The Morgan fingerprint density at radius 1 is 1.30 bits per heavy atom. The normalized spacial score (nSPS) is 10.3. The van der Waals surface area contributed by atoms with Gasteiger partial charge in [0, 0.05) is 24.4 Å². The molecule has 1 aromatic carbocycles. The maximum Gasteiger partial charge on any atom is 0.136 e. The van der Waals surface area contributed by atoms with Crippen LogP contribution in [-0.2, 0) is 6.42 Å². The average molecular weight is 286 g/mol. The second-order valence-electron chi connectivity index (χ2n) is 4.56. The van der Waals surface area contributed by atoms with Crippen LogP contribution in [0.5, 0.6) is 0 Å². The van der Waals surface area contributed by atoms with Gasteiger partial charge in [-0.15, -0.1) is 0 Å². The number of nitrogens with zero attached hydrogens (tertiary/aromatic N) is 3. The Morgan fingerprint density at radius 3 is 2.75 bits per heavy atom. The summed E-state index contributed by atoms with van der Waals surface area (Å²) in [6.07, 6.45) is 3.60. The molecule has 20 heavy (non-hydrogen) atoms. The van der Waals surface area contributed by atoms with E-state index in [0.29, 0.717) is 4.99 Å². The minimum Gasteiger partial charge on any atom is -0.389 e. The third-order valence-electron chi connectivity index (χ3n) is 3.09. The zero-order valence-electron chi connectivity index (χ0n) is 11.7. The lowest BCUT2D eigenvalue weighted by Crippen LogP contribution is -2.18. The molecule has 4 nitrogen and oxygen atoms in total. The highest BCUT2D eigenvalue weighted by atomic mass is 32.1. The number of para-hydroxylation sites is 1. The zero-order valence-corrected chi connectivity index (χ0v) is 12.5. The zero-order chi connectivity index (χ0) is 14.5. The maximum atomic E-state index is 5.78. The molecular formula is C15H18N4S. The van der Waals surface area contributed by atoms with Gasteiger partial charge < -0.3 is 10.6 Å². The molecule has 0 bridgehead atoms. The molecule has 0 aliphatic rings. The van der Waals surface area contributed by atoms with Crippen LogP contribution in [0.1, 0.15) is 24.6 Å². The van der Waals surface area contributed by atoms with E-state index in [-0.39, 0.29) is 0 Å². The lowest BCUT2D eigenvalue weighted by molar-refractivity contribution is 0.869. The monoisotopic (exact) mass is 286 g/mol. The summed E-state index contributed by atoms with van der Waals surface area (Å²) in [5.41, 5.74) is 8.61. The van der Waals surface area contributed by atoms with Crippen molar-refractivity contribution >= 4 is 28.7 Å². The van der Waals surface area contributed by atoms with Crippen molar-refractivity contribution in [2.24, 2.45) is 5.73 Å². The van der Waals surface area contributed by atoms with Gasteiger partial charge in [-0.3, -0.25) is 0 Å².